The van der Waals surface area contributed by atoms with E-state index in [-0.39, 0.29) is 11.5 Å². The van der Waals surface area contributed by atoms with Crippen LogP contribution in [0.4, 0.5) is 10.1 Å². The van der Waals surface area contributed by atoms with Gasteiger partial charge in [0.25, 0.3) is 0 Å². The van der Waals surface area contributed by atoms with Gasteiger partial charge in [0.15, 0.2) is 18.0 Å². The molecular weight excluding hydrogens is 529 g/mol. The Morgan fingerprint density at radius 3 is 2.30 bits per heavy atom. The number of β-amino-alcohol motifs (C(OH)–C–C–N with tert-alkyl or cyclic N) is 1. The number of rotatable bonds is 9. The van der Waals surface area contributed by atoms with Crippen molar-refractivity contribution in [1.29, 1.82) is 0 Å². The third-order valence-corrected chi connectivity index (χ3v) is 7.42. The topological polar surface area (TPSA) is 204 Å². The van der Waals surface area contributed by atoms with E-state index in [1.54, 1.807) is 18.3 Å². The molecule has 3 heterocycles. The Bertz CT molecular complexity index is 1180. The molecule has 2 aliphatic rings. The molecule has 4 rings (SSSR count). The van der Waals surface area contributed by atoms with Crippen molar-refractivity contribution < 1.29 is 49.0 Å². The lowest BCUT2D eigenvalue weighted by atomic mass is 9.88. The fourth-order valence-corrected chi connectivity index (χ4v) is 4.95. The number of hydrogen-bond acceptors (Lipinski definition) is 10. The Hall–Kier alpha value is -3.23. The molecule has 7 N–H and O–H groups in total. The quantitative estimate of drug-likeness (QED) is 0.187. The first-order valence-corrected chi connectivity index (χ1v) is 13.1. The van der Waals surface area contributed by atoms with Gasteiger partial charge in [-0.3, -0.25) is 9.78 Å². The number of aliphatic carboxylic acids is 2. The van der Waals surface area contributed by atoms with Crippen LogP contribution in [0.5, 0.6) is 0 Å². The van der Waals surface area contributed by atoms with Gasteiger partial charge in [-0.15, -0.1) is 0 Å². The summed E-state index contributed by atoms with van der Waals surface area (Å²) in [7, 11) is 0. The number of piperidine rings is 1. The number of carbonyl (C=O) groups excluding carboxylic acids is 1. The van der Waals surface area contributed by atoms with Crippen LogP contribution in [0.3, 0.4) is 0 Å². The molecule has 40 heavy (non-hydrogen) atoms. The Balaban J connectivity index is 0.000000378. The number of carbonyl (C=O) groups is 3. The van der Waals surface area contributed by atoms with Crippen molar-refractivity contribution in [2.45, 2.75) is 56.3 Å². The van der Waals surface area contributed by atoms with Crippen molar-refractivity contribution in [2.75, 3.05) is 38.6 Å². The standard InChI is InChI=1S/C23H30FN3O3.C4H6O6/c24-19-14-18(22-17(21(19)25)2-1-9-26-22)20(28)4-3-16-5-10-27(11-6-16)15-23(29)7-12-30-13-8-23;5-1(3(7)8)2(6)4(9)10/h1-2,9,14,16,29H,3-8,10-13,15,25H2;1-2,5-6H,(H,7,8)(H,9,10). The van der Waals surface area contributed by atoms with Crippen LogP contribution in [0.1, 0.15) is 48.9 Å². The number of anilines is 1. The fourth-order valence-electron chi connectivity index (χ4n) is 4.95. The zero-order chi connectivity index (χ0) is 29.4. The number of carboxylic acids is 2. The van der Waals surface area contributed by atoms with Crippen LogP contribution in [0, 0.1) is 11.7 Å². The lowest BCUT2D eigenvalue weighted by Gasteiger charge is -2.39. The van der Waals surface area contributed by atoms with E-state index in [2.05, 4.69) is 9.88 Å². The molecule has 0 radical (unpaired) electrons. The number of aliphatic hydroxyl groups is 3. The summed E-state index contributed by atoms with van der Waals surface area (Å²) < 4.78 is 19.5. The second-order valence-electron chi connectivity index (χ2n) is 10.3. The summed E-state index contributed by atoms with van der Waals surface area (Å²) in [5.41, 5.74) is 6.01. The zero-order valence-corrected chi connectivity index (χ0v) is 22.0. The van der Waals surface area contributed by atoms with Gasteiger partial charge < -0.3 is 40.9 Å². The van der Waals surface area contributed by atoms with Crippen LogP contribution in [-0.2, 0) is 14.3 Å². The Labute approximate surface area is 230 Å². The molecule has 0 aliphatic carbocycles. The Kier molecular flexibility index (Phi) is 10.9. The number of fused-ring (bicyclic) bond motifs is 1. The van der Waals surface area contributed by atoms with Crippen LogP contribution >= 0.6 is 0 Å². The molecule has 2 fully saturated rings. The number of Topliss-reactive ketones (excluding diaryl/α,β-unsaturated/α-hetero) is 1. The number of benzene rings is 1. The summed E-state index contributed by atoms with van der Waals surface area (Å²) in [6.07, 6.45) is 1.63. The number of pyridine rings is 1. The highest BCUT2D eigenvalue weighted by Crippen LogP contribution is 2.30. The second kappa shape index (κ2) is 13.9. The molecule has 0 saturated carbocycles. The van der Waals surface area contributed by atoms with E-state index >= 15 is 0 Å². The van der Waals surface area contributed by atoms with Crippen LogP contribution < -0.4 is 5.73 Å². The van der Waals surface area contributed by atoms with Gasteiger partial charge in [0.2, 0.25) is 0 Å². The molecule has 2 unspecified atom stereocenters. The van der Waals surface area contributed by atoms with Gasteiger partial charge in [0.05, 0.1) is 16.8 Å². The summed E-state index contributed by atoms with van der Waals surface area (Å²) in [6.45, 7) is 3.82. The van der Waals surface area contributed by atoms with Crippen LogP contribution in [-0.4, -0.2) is 104 Å². The van der Waals surface area contributed by atoms with Crippen LogP contribution in [0.15, 0.2) is 24.4 Å². The number of nitrogen functional groups attached to an aromatic ring is 1. The van der Waals surface area contributed by atoms with Crippen molar-refractivity contribution in [3.63, 3.8) is 0 Å². The molecule has 0 amide bonds. The molecular formula is C27H36FN3O9. The highest BCUT2D eigenvalue weighted by Gasteiger charge is 2.33. The van der Waals surface area contributed by atoms with Crippen molar-refractivity contribution in [1.82, 2.24) is 9.88 Å². The highest BCUT2D eigenvalue weighted by molar-refractivity contribution is 6.09. The van der Waals surface area contributed by atoms with E-state index < -0.39 is 35.6 Å². The maximum absolute atomic E-state index is 14.2. The van der Waals surface area contributed by atoms with Gasteiger partial charge in [-0.2, -0.15) is 0 Å². The number of ether oxygens (including phenoxy) is 1. The third kappa shape index (κ3) is 8.15. The average Bonchev–Trinajstić information content (AvgIpc) is 2.94. The van der Waals surface area contributed by atoms with E-state index in [1.165, 1.54) is 6.07 Å². The molecule has 1 aromatic carbocycles. The van der Waals surface area contributed by atoms with Gasteiger partial charge in [0, 0.05) is 56.2 Å². The summed E-state index contributed by atoms with van der Waals surface area (Å²) >= 11 is 0. The van der Waals surface area contributed by atoms with Gasteiger partial charge in [-0.1, -0.05) is 0 Å². The molecule has 2 aromatic rings. The third-order valence-electron chi connectivity index (χ3n) is 7.42. The van der Waals surface area contributed by atoms with Gasteiger partial charge in [-0.05, 0) is 56.5 Å². The molecule has 2 atom stereocenters. The maximum Gasteiger partial charge on any atom is 0.335 e. The number of carboxylic acid groups (broad SMARTS) is 2. The predicted octanol–water partition coefficient (Wildman–Crippen LogP) is 1.05. The minimum atomic E-state index is -2.27. The average molecular weight is 566 g/mol. The lowest BCUT2D eigenvalue weighted by molar-refractivity contribution is -0.165. The number of aliphatic hydroxyl groups excluding tert-OH is 2. The predicted molar refractivity (Wildman–Crippen MR) is 141 cm³/mol. The van der Waals surface area contributed by atoms with Gasteiger partial charge in [-0.25, -0.2) is 14.0 Å². The molecule has 12 nitrogen and oxygen atoms in total. The number of likely N-dealkylation sites (tertiary alicyclic amines) is 1. The van der Waals surface area contributed by atoms with Crippen molar-refractivity contribution in [3.05, 3.63) is 35.8 Å². The van der Waals surface area contributed by atoms with Crippen molar-refractivity contribution in [2.24, 2.45) is 5.92 Å². The van der Waals surface area contributed by atoms with E-state index in [0.717, 1.165) is 32.4 Å². The number of nitrogens with zero attached hydrogens (tertiary/aromatic N) is 2. The molecule has 220 valence electrons. The normalized spacial score (nSPS) is 19.3. The number of aromatic nitrogens is 1. The van der Waals surface area contributed by atoms with E-state index in [0.29, 0.717) is 61.4 Å². The first-order chi connectivity index (χ1) is 18.9. The lowest BCUT2D eigenvalue weighted by Crippen LogP contribution is -2.49. The summed E-state index contributed by atoms with van der Waals surface area (Å²) in [5, 5.41) is 43.7. The zero-order valence-electron chi connectivity index (χ0n) is 22.0. The van der Waals surface area contributed by atoms with Crippen LogP contribution in [0.25, 0.3) is 10.9 Å². The minimum absolute atomic E-state index is 0.0354. The van der Waals surface area contributed by atoms with E-state index in [4.69, 9.17) is 30.9 Å². The molecule has 2 aliphatic heterocycles. The van der Waals surface area contributed by atoms with E-state index in [9.17, 15) is 23.9 Å². The molecule has 0 spiro atoms. The number of ketones is 1. The maximum atomic E-state index is 14.2. The van der Waals surface area contributed by atoms with Gasteiger partial charge in [0.1, 0.15) is 5.82 Å². The van der Waals surface area contributed by atoms with Crippen molar-refractivity contribution >= 4 is 34.3 Å². The summed E-state index contributed by atoms with van der Waals surface area (Å²) in [6, 6.07) is 4.61. The number of hydrogen-bond donors (Lipinski definition) is 6. The van der Waals surface area contributed by atoms with Gasteiger partial charge >= 0.3 is 11.9 Å². The monoisotopic (exact) mass is 565 g/mol. The minimum Gasteiger partial charge on any atom is -0.479 e. The number of nitrogens with two attached hydrogens (primary N) is 1. The SMILES string of the molecule is Nc1c(F)cc(C(=O)CCC2CCN(CC3(O)CCOCC3)CC2)c2ncccc12.O=C(O)C(O)C(O)C(=O)O. The smallest absolute Gasteiger partial charge is 0.335 e. The van der Waals surface area contributed by atoms with Crippen molar-refractivity contribution in [3.8, 4) is 0 Å². The highest BCUT2D eigenvalue weighted by atomic mass is 19.1. The summed E-state index contributed by atoms with van der Waals surface area (Å²) in [5.74, 6) is -3.73. The fraction of sp³-hybridized carbons (Fsp3) is 0.556. The Morgan fingerprint density at radius 1 is 1.12 bits per heavy atom. The molecule has 13 heteroatoms. The first-order valence-electron chi connectivity index (χ1n) is 13.1. The molecule has 1 aromatic heterocycles. The largest absolute Gasteiger partial charge is 0.479 e. The van der Waals surface area contributed by atoms with Crippen LogP contribution in [0.2, 0.25) is 0 Å². The number of halogens is 1. The molecule has 0 bridgehead atoms. The first kappa shape index (κ1) is 31.3. The van der Waals surface area contributed by atoms with E-state index in [1.807, 2.05) is 0 Å². The Morgan fingerprint density at radius 2 is 1.73 bits per heavy atom. The second-order valence-corrected chi connectivity index (χ2v) is 10.3. The summed E-state index contributed by atoms with van der Waals surface area (Å²) in [4.78, 5) is 39.0. The molecule has 2 saturated heterocycles.